The first-order valence-corrected chi connectivity index (χ1v) is 5.42. The molecule has 0 bridgehead atoms. The summed E-state index contributed by atoms with van der Waals surface area (Å²) in [5.74, 6) is -2.25. The number of ether oxygens (including phenoxy) is 1. The summed E-state index contributed by atoms with van der Waals surface area (Å²) in [6.07, 6.45) is 0. The normalized spacial score (nSPS) is 10.3. The summed E-state index contributed by atoms with van der Waals surface area (Å²) in [6, 6.07) is 2.34. The molecule has 0 unspecified atom stereocenters. The number of nitrogens with zero attached hydrogens (tertiary/aromatic N) is 2. The van der Waals surface area contributed by atoms with Gasteiger partial charge in [-0.3, -0.25) is 0 Å². The van der Waals surface area contributed by atoms with E-state index in [2.05, 4.69) is 26.1 Å². The van der Waals surface area contributed by atoms with E-state index in [0.717, 1.165) is 17.4 Å². The average molecular weight is 293 g/mol. The molecular formula is C8H3BrF2N2OS. The smallest absolute Gasteiger partial charge is 0.299 e. The van der Waals surface area contributed by atoms with Crippen LogP contribution in [0.3, 0.4) is 0 Å². The van der Waals surface area contributed by atoms with Gasteiger partial charge in [-0.25, -0.2) is 4.39 Å². The lowest BCUT2D eigenvalue weighted by Crippen LogP contribution is -1.92. The van der Waals surface area contributed by atoms with Gasteiger partial charge >= 0.3 is 0 Å². The molecule has 1 aromatic carbocycles. The molecule has 0 fully saturated rings. The predicted molar refractivity (Wildman–Crippen MR) is 54.0 cm³/mol. The van der Waals surface area contributed by atoms with E-state index in [0.29, 0.717) is 4.47 Å². The van der Waals surface area contributed by atoms with Gasteiger partial charge in [0.15, 0.2) is 11.6 Å². The molecule has 0 aliphatic carbocycles. The van der Waals surface area contributed by atoms with Crippen LogP contribution in [0.1, 0.15) is 0 Å². The van der Waals surface area contributed by atoms with Crippen LogP contribution in [0.4, 0.5) is 8.78 Å². The molecule has 3 nitrogen and oxygen atoms in total. The second-order valence-corrected chi connectivity index (χ2v) is 4.22. The Labute approximate surface area is 95.8 Å². The zero-order chi connectivity index (χ0) is 10.8. The first kappa shape index (κ1) is 10.4. The Hall–Kier alpha value is -1.08. The minimum Gasteiger partial charge on any atom is -0.427 e. The molecule has 0 radical (unpaired) electrons. The van der Waals surface area contributed by atoms with Crippen molar-refractivity contribution >= 4 is 27.3 Å². The maximum absolute atomic E-state index is 13.2. The summed E-state index contributed by atoms with van der Waals surface area (Å²) in [6.45, 7) is 0. The highest BCUT2D eigenvalue weighted by molar-refractivity contribution is 9.10. The molecule has 0 spiro atoms. The summed E-state index contributed by atoms with van der Waals surface area (Å²) in [5, 5.41) is 7.22. The standard InChI is InChI=1S/C8H3BrF2N2OS/c9-4-1-5(10)7(11)6(2-4)14-8-13-12-3-15-8/h1-3H. The van der Waals surface area contributed by atoms with E-state index in [4.69, 9.17) is 4.74 Å². The van der Waals surface area contributed by atoms with Crippen LogP contribution >= 0.6 is 27.3 Å². The Morgan fingerprint density at radius 1 is 1.33 bits per heavy atom. The fourth-order valence-electron chi connectivity index (χ4n) is 0.908. The summed E-state index contributed by atoms with van der Waals surface area (Å²) in [4.78, 5) is 0. The van der Waals surface area contributed by atoms with Crippen LogP contribution in [0.2, 0.25) is 0 Å². The highest BCUT2D eigenvalue weighted by Gasteiger charge is 2.13. The summed E-state index contributed by atoms with van der Waals surface area (Å²) in [5.41, 5.74) is 1.43. The second-order valence-electron chi connectivity index (χ2n) is 2.51. The minimum absolute atomic E-state index is 0.159. The lowest BCUT2D eigenvalue weighted by Gasteiger charge is -2.03. The monoisotopic (exact) mass is 292 g/mol. The van der Waals surface area contributed by atoms with Crippen LogP contribution in [0.15, 0.2) is 22.1 Å². The maximum atomic E-state index is 13.2. The minimum atomic E-state index is -1.05. The van der Waals surface area contributed by atoms with Gasteiger partial charge in [-0.05, 0) is 12.1 Å². The highest BCUT2D eigenvalue weighted by Crippen LogP contribution is 2.29. The van der Waals surface area contributed by atoms with Crippen molar-refractivity contribution in [2.24, 2.45) is 0 Å². The number of rotatable bonds is 2. The van der Waals surface area contributed by atoms with Crippen LogP contribution in [0.5, 0.6) is 10.9 Å². The Kier molecular flexibility index (Phi) is 2.92. The van der Waals surface area contributed by atoms with Crippen molar-refractivity contribution in [1.82, 2.24) is 10.2 Å². The van der Waals surface area contributed by atoms with Gasteiger partial charge in [-0.2, -0.15) is 4.39 Å². The first-order chi connectivity index (χ1) is 7.16. The molecule has 0 amide bonds. The van der Waals surface area contributed by atoms with Gasteiger partial charge < -0.3 is 4.74 Å². The van der Waals surface area contributed by atoms with Crippen molar-refractivity contribution in [2.45, 2.75) is 0 Å². The summed E-state index contributed by atoms with van der Waals surface area (Å²) >= 11 is 4.12. The van der Waals surface area contributed by atoms with Gasteiger partial charge in [-0.1, -0.05) is 32.4 Å². The summed E-state index contributed by atoms with van der Waals surface area (Å²) < 4.78 is 31.6. The quantitative estimate of drug-likeness (QED) is 0.796. The van der Waals surface area contributed by atoms with E-state index in [1.165, 1.54) is 11.6 Å². The largest absolute Gasteiger partial charge is 0.427 e. The molecule has 1 aromatic heterocycles. The van der Waals surface area contributed by atoms with Crippen molar-refractivity contribution in [3.05, 3.63) is 33.8 Å². The molecular weight excluding hydrogens is 290 g/mol. The summed E-state index contributed by atoms with van der Waals surface area (Å²) in [7, 11) is 0. The molecule has 15 heavy (non-hydrogen) atoms. The van der Waals surface area contributed by atoms with E-state index in [1.54, 1.807) is 0 Å². The number of hydrogen-bond acceptors (Lipinski definition) is 4. The van der Waals surface area contributed by atoms with Crippen LogP contribution < -0.4 is 4.74 Å². The van der Waals surface area contributed by atoms with Crippen molar-refractivity contribution in [2.75, 3.05) is 0 Å². The van der Waals surface area contributed by atoms with Gasteiger partial charge in [0.05, 0.1) is 0 Å². The van der Waals surface area contributed by atoms with Crippen LogP contribution in [0, 0.1) is 11.6 Å². The maximum Gasteiger partial charge on any atom is 0.299 e. The number of benzene rings is 1. The van der Waals surface area contributed by atoms with Gasteiger partial charge in [0.25, 0.3) is 5.19 Å². The third-order valence-corrected chi connectivity index (χ3v) is 2.52. The van der Waals surface area contributed by atoms with Crippen molar-refractivity contribution in [3.8, 4) is 10.9 Å². The molecule has 78 valence electrons. The molecule has 0 aliphatic rings. The molecule has 0 saturated carbocycles. The lowest BCUT2D eigenvalue weighted by molar-refractivity contribution is 0.411. The van der Waals surface area contributed by atoms with E-state index >= 15 is 0 Å². The molecule has 2 aromatic rings. The van der Waals surface area contributed by atoms with Gasteiger partial charge in [0, 0.05) is 4.47 Å². The molecule has 0 atom stereocenters. The molecule has 1 heterocycles. The number of aromatic nitrogens is 2. The van der Waals surface area contributed by atoms with Crippen LogP contribution in [-0.4, -0.2) is 10.2 Å². The fourth-order valence-corrected chi connectivity index (χ4v) is 1.73. The zero-order valence-corrected chi connectivity index (χ0v) is 9.48. The van der Waals surface area contributed by atoms with Crippen molar-refractivity contribution in [1.29, 1.82) is 0 Å². The SMILES string of the molecule is Fc1cc(Br)cc(Oc2nncs2)c1F. The van der Waals surface area contributed by atoms with Crippen LogP contribution in [0.25, 0.3) is 0 Å². The van der Waals surface area contributed by atoms with E-state index < -0.39 is 11.6 Å². The Morgan fingerprint density at radius 3 is 2.80 bits per heavy atom. The van der Waals surface area contributed by atoms with E-state index in [-0.39, 0.29) is 10.9 Å². The van der Waals surface area contributed by atoms with E-state index in [1.807, 2.05) is 0 Å². The van der Waals surface area contributed by atoms with Crippen LogP contribution in [-0.2, 0) is 0 Å². The molecule has 0 aliphatic heterocycles. The Bertz CT molecular complexity index is 478. The van der Waals surface area contributed by atoms with Gasteiger partial charge in [0.1, 0.15) is 5.51 Å². The second kappa shape index (κ2) is 4.19. The predicted octanol–water partition coefficient (Wildman–Crippen LogP) is 3.37. The zero-order valence-electron chi connectivity index (χ0n) is 7.08. The molecule has 0 saturated heterocycles. The van der Waals surface area contributed by atoms with Crippen molar-refractivity contribution in [3.63, 3.8) is 0 Å². The van der Waals surface area contributed by atoms with Gasteiger partial charge in [-0.15, -0.1) is 5.10 Å². The molecule has 7 heteroatoms. The third kappa shape index (κ3) is 2.29. The highest BCUT2D eigenvalue weighted by atomic mass is 79.9. The molecule has 2 rings (SSSR count). The average Bonchev–Trinajstić information content (AvgIpc) is 2.66. The lowest BCUT2D eigenvalue weighted by atomic mass is 10.3. The third-order valence-electron chi connectivity index (χ3n) is 1.50. The molecule has 0 N–H and O–H groups in total. The van der Waals surface area contributed by atoms with E-state index in [9.17, 15) is 8.78 Å². The topological polar surface area (TPSA) is 35.0 Å². The number of halogens is 3. The fraction of sp³-hybridized carbons (Fsp3) is 0. The van der Waals surface area contributed by atoms with Crippen molar-refractivity contribution < 1.29 is 13.5 Å². The Morgan fingerprint density at radius 2 is 2.13 bits per heavy atom. The Balaban J connectivity index is 2.36. The number of hydrogen-bond donors (Lipinski definition) is 0. The first-order valence-electron chi connectivity index (χ1n) is 3.75. The van der Waals surface area contributed by atoms with Gasteiger partial charge in [0.2, 0.25) is 5.82 Å².